The number of nitrogens with zero attached hydrogens (tertiary/aromatic N) is 1. The van der Waals surface area contributed by atoms with Gasteiger partial charge in [-0.15, -0.1) is 0 Å². The van der Waals surface area contributed by atoms with Crippen LogP contribution in [0.1, 0.15) is 122 Å². The molecule has 0 saturated heterocycles. The molecule has 3 fully saturated rings. The van der Waals surface area contributed by atoms with Crippen LogP contribution in [-0.4, -0.2) is 27.4 Å². The van der Waals surface area contributed by atoms with Crippen molar-refractivity contribution in [2.24, 2.45) is 23.2 Å². The molecule has 0 aliphatic heterocycles. The van der Waals surface area contributed by atoms with Crippen molar-refractivity contribution in [3.8, 4) is 0 Å². The van der Waals surface area contributed by atoms with Gasteiger partial charge in [-0.25, -0.2) is 4.98 Å². The quantitative estimate of drug-likeness (QED) is 0.278. The van der Waals surface area contributed by atoms with Crippen LogP contribution in [-0.2, 0) is 6.42 Å². The van der Waals surface area contributed by atoms with E-state index < -0.39 is 6.10 Å². The highest BCUT2D eigenvalue weighted by Gasteiger charge is 2.50. The summed E-state index contributed by atoms with van der Waals surface area (Å²) in [6.45, 7) is 13.4. The number of hydrogen-bond donors (Lipinski definition) is 2. The number of oxazole rings is 1. The summed E-state index contributed by atoms with van der Waals surface area (Å²) in [5.41, 5.74) is 4.04. The predicted octanol–water partition coefficient (Wildman–Crippen LogP) is 8.62. The van der Waals surface area contributed by atoms with Gasteiger partial charge < -0.3 is 14.6 Å². The number of aliphatic hydroxyl groups excluding tert-OH is 2. The van der Waals surface area contributed by atoms with E-state index in [1.54, 1.807) is 5.57 Å². The lowest BCUT2D eigenvalue weighted by atomic mass is 9.61. The lowest BCUT2D eigenvalue weighted by molar-refractivity contribution is 0.111. The van der Waals surface area contributed by atoms with E-state index in [4.69, 9.17) is 4.42 Å². The van der Waals surface area contributed by atoms with Crippen LogP contribution in [0, 0.1) is 23.2 Å². The molecule has 4 rings (SSSR count). The molecule has 3 saturated carbocycles. The second-order valence-electron chi connectivity index (χ2n) is 12.9. The third-order valence-electron chi connectivity index (χ3n) is 10.2. The van der Waals surface area contributed by atoms with Gasteiger partial charge >= 0.3 is 0 Å². The van der Waals surface area contributed by atoms with Gasteiger partial charge in [0.2, 0.25) is 0 Å². The molecule has 5 unspecified atom stereocenters. The maximum atomic E-state index is 11.2. The summed E-state index contributed by atoms with van der Waals surface area (Å²) in [5, 5.41) is 21.4. The van der Waals surface area contributed by atoms with Crippen LogP contribution in [0.5, 0.6) is 0 Å². The van der Waals surface area contributed by atoms with Crippen LogP contribution in [0.3, 0.4) is 0 Å². The minimum Gasteiger partial charge on any atom is -0.445 e. The molecule has 7 atom stereocenters. The topological polar surface area (TPSA) is 66.5 Å². The van der Waals surface area contributed by atoms with Crippen LogP contribution in [0.4, 0.5) is 0 Å². The molecule has 3 aliphatic carbocycles. The van der Waals surface area contributed by atoms with E-state index in [-0.39, 0.29) is 12.0 Å². The highest BCUT2D eigenvalue weighted by atomic mass is 16.4. The number of unbranched alkanes of at least 4 members (excludes halogenated alkanes) is 1. The smallest absolute Gasteiger partial charge is 0.200 e. The molecule has 0 radical (unpaired) electrons. The molecule has 39 heavy (non-hydrogen) atoms. The molecule has 0 bridgehead atoms. The molecule has 2 N–H and O–H groups in total. The van der Waals surface area contributed by atoms with Crippen LogP contribution in [0.25, 0.3) is 0 Å². The van der Waals surface area contributed by atoms with Crippen molar-refractivity contribution in [2.45, 2.75) is 129 Å². The molecule has 216 valence electrons. The maximum absolute atomic E-state index is 11.2. The Balaban J connectivity index is 1.44. The van der Waals surface area contributed by atoms with E-state index in [2.05, 4.69) is 57.5 Å². The highest BCUT2D eigenvalue weighted by Crippen LogP contribution is 2.59. The van der Waals surface area contributed by atoms with E-state index >= 15 is 0 Å². The number of allylic oxidation sites excluding steroid dienone is 4. The Kier molecular flexibility index (Phi) is 10.5. The standard InChI is InChI=1S/C35H53NO3/c1-6-8-14-28-23-36-34(39-28)29(11-7-2)33(38)21-16-24(3)30-19-20-31-27(13-10-22-35(30,31)5)18-17-26-12-9-15-32(37)25(26)4/h16-18,21,23-24,29-33,37-38H,4,6-15,19-20,22H2,1-3,5H3/b21-16+,26-17-,27-18+/t24-,29?,30-,31?,32?,33?,35?/m1/s1. The van der Waals surface area contributed by atoms with Gasteiger partial charge in [0.1, 0.15) is 5.76 Å². The zero-order valence-electron chi connectivity index (χ0n) is 25.0. The number of hydrogen-bond acceptors (Lipinski definition) is 4. The second kappa shape index (κ2) is 13.6. The summed E-state index contributed by atoms with van der Waals surface area (Å²) in [7, 11) is 0. The van der Waals surface area contributed by atoms with Gasteiger partial charge in [0.05, 0.1) is 24.3 Å². The van der Waals surface area contributed by atoms with E-state index in [1.807, 2.05) is 12.3 Å². The Hall–Kier alpha value is -1.91. The average Bonchev–Trinajstić information content (AvgIpc) is 3.54. The van der Waals surface area contributed by atoms with Gasteiger partial charge in [0.25, 0.3) is 0 Å². The van der Waals surface area contributed by atoms with Crippen LogP contribution in [0.15, 0.2) is 58.2 Å². The molecule has 3 aliphatic rings. The van der Waals surface area contributed by atoms with E-state index in [0.29, 0.717) is 29.1 Å². The molecular weight excluding hydrogens is 482 g/mol. The molecule has 0 amide bonds. The summed E-state index contributed by atoms with van der Waals surface area (Å²) in [4.78, 5) is 4.56. The van der Waals surface area contributed by atoms with Crippen molar-refractivity contribution in [1.29, 1.82) is 0 Å². The Morgan fingerprint density at radius 1 is 1.13 bits per heavy atom. The summed E-state index contributed by atoms with van der Waals surface area (Å²) in [5.74, 6) is 3.17. The van der Waals surface area contributed by atoms with Crippen LogP contribution < -0.4 is 0 Å². The number of rotatable bonds is 11. The minimum absolute atomic E-state index is 0.0916. The summed E-state index contributed by atoms with van der Waals surface area (Å²) < 4.78 is 6.07. The van der Waals surface area contributed by atoms with Crippen LogP contribution >= 0.6 is 0 Å². The molecule has 4 nitrogen and oxygen atoms in total. The fraction of sp³-hybridized carbons (Fsp3) is 0.686. The first-order chi connectivity index (χ1) is 18.8. The van der Waals surface area contributed by atoms with E-state index in [9.17, 15) is 10.2 Å². The Bertz CT molecular complexity index is 1050. The van der Waals surface area contributed by atoms with Gasteiger partial charge in [-0.3, -0.25) is 0 Å². The second-order valence-corrected chi connectivity index (χ2v) is 12.9. The fourth-order valence-electron chi connectivity index (χ4n) is 7.85. The summed E-state index contributed by atoms with van der Waals surface area (Å²) >= 11 is 0. The van der Waals surface area contributed by atoms with Crippen molar-refractivity contribution < 1.29 is 14.6 Å². The van der Waals surface area contributed by atoms with Crippen molar-refractivity contribution >= 4 is 0 Å². The Labute approximate surface area is 237 Å². The van der Waals surface area contributed by atoms with Crippen molar-refractivity contribution in [3.63, 3.8) is 0 Å². The summed E-state index contributed by atoms with van der Waals surface area (Å²) in [6.07, 6.45) is 23.9. The zero-order valence-corrected chi connectivity index (χ0v) is 25.0. The molecule has 4 heteroatoms. The SMILES string of the molecule is C=C1/C(=C\C=C2/CCCC3(C)C2CC[C@@H]3[C@H](C)/C=C/C(O)C(CCC)c2ncc(CCCC)o2)CCCC1O. The normalized spacial score (nSPS) is 32.2. The van der Waals surface area contributed by atoms with Gasteiger partial charge in [0.15, 0.2) is 5.89 Å². The molecular formula is C35H53NO3. The third-order valence-corrected chi connectivity index (χ3v) is 10.2. The van der Waals surface area contributed by atoms with Crippen LogP contribution in [0.2, 0.25) is 0 Å². The number of aryl methyl sites for hydroxylation is 1. The van der Waals surface area contributed by atoms with Gasteiger partial charge in [-0.2, -0.15) is 0 Å². The Morgan fingerprint density at radius 3 is 2.72 bits per heavy atom. The first kappa shape index (κ1) is 30.1. The molecule has 0 aromatic carbocycles. The largest absolute Gasteiger partial charge is 0.445 e. The molecule has 1 aromatic heterocycles. The van der Waals surface area contributed by atoms with Gasteiger partial charge in [0, 0.05) is 6.42 Å². The first-order valence-corrected chi connectivity index (χ1v) is 15.9. The first-order valence-electron chi connectivity index (χ1n) is 15.9. The molecule has 1 aromatic rings. The number of fused-ring (bicyclic) bond motifs is 1. The fourth-order valence-corrected chi connectivity index (χ4v) is 7.85. The zero-order chi connectivity index (χ0) is 28.0. The highest BCUT2D eigenvalue weighted by molar-refractivity contribution is 5.37. The van der Waals surface area contributed by atoms with Gasteiger partial charge in [-0.1, -0.05) is 77.0 Å². The predicted molar refractivity (Wildman–Crippen MR) is 160 cm³/mol. The number of aliphatic hydroxyl groups is 2. The lowest BCUT2D eigenvalue weighted by Gasteiger charge is -2.44. The third kappa shape index (κ3) is 6.88. The summed E-state index contributed by atoms with van der Waals surface area (Å²) in [6, 6.07) is 0. The van der Waals surface area contributed by atoms with Crippen molar-refractivity contribution in [3.05, 3.63) is 65.5 Å². The Morgan fingerprint density at radius 2 is 1.95 bits per heavy atom. The number of aromatic nitrogens is 1. The average molecular weight is 536 g/mol. The lowest BCUT2D eigenvalue weighted by Crippen LogP contribution is -2.35. The minimum atomic E-state index is -0.581. The van der Waals surface area contributed by atoms with E-state index in [0.717, 1.165) is 62.7 Å². The monoisotopic (exact) mass is 535 g/mol. The molecule has 1 heterocycles. The van der Waals surface area contributed by atoms with Crippen molar-refractivity contribution in [2.75, 3.05) is 0 Å². The molecule has 0 spiro atoms. The maximum Gasteiger partial charge on any atom is 0.200 e. The van der Waals surface area contributed by atoms with Gasteiger partial charge in [-0.05, 0) is 98.5 Å². The van der Waals surface area contributed by atoms with Crippen molar-refractivity contribution in [1.82, 2.24) is 4.98 Å². The van der Waals surface area contributed by atoms with E-state index in [1.165, 1.54) is 37.7 Å².